The van der Waals surface area contributed by atoms with Gasteiger partial charge in [-0.3, -0.25) is 9.55 Å². The van der Waals surface area contributed by atoms with Crippen molar-refractivity contribution in [3.8, 4) is 11.4 Å². The third-order valence-corrected chi connectivity index (χ3v) is 4.74. The number of benzene rings is 2. The fourth-order valence-electron chi connectivity index (χ4n) is 3.67. The summed E-state index contributed by atoms with van der Waals surface area (Å²) in [5.41, 5.74) is 5.74. The molecule has 0 bridgehead atoms. The van der Waals surface area contributed by atoms with Gasteiger partial charge in [0.2, 0.25) is 0 Å². The molecule has 2 aromatic heterocycles. The quantitative estimate of drug-likeness (QED) is 0.531. The maximum Gasteiger partial charge on any atom is 0.145 e. The summed E-state index contributed by atoms with van der Waals surface area (Å²) >= 11 is 0. The average molecular weight is 312 g/mol. The van der Waals surface area contributed by atoms with E-state index in [1.165, 1.54) is 16.8 Å². The molecule has 0 amide bonds. The minimum Gasteiger partial charge on any atom is -0.350 e. The molecule has 0 saturated heterocycles. The molecule has 0 radical (unpaired) electrons. The van der Waals surface area contributed by atoms with Gasteiger partial charge in [0, 0.05) is 30.7 Å². The fraction of sp³-hybridized carbons (Fsp3) is 0.100. The van der Waals surface area contributed by atoms with E-state index in [9.17, 15) is 0 Å². The van der Waals surface area contributed by atoms with Crippen LogP contribution in [0.25, 0.3) is 22.4 Å². The Hall–Kier alpha value is -3.14. The monoisotopic (exact) mass is 312 g/mol. The van der Waals surface area contributed by atoms with Gasteiger partial charge in [0.1, 0.15) is 12.0 Å². The highest BCUT2D eigenvalue weighted by molar-refractivity contribution is 5.87. The summed E-state index contributed by atoms with van der Waals surface area (Å²) < 4.78 is 2.33. The third-order valence-electron chi connectivity index (χ3n) is 4.74. The van der Waals surface area contributed by atoms with Crippen molar-refractivity contribution in [1.82, 2.24) is 14.5 Å². The second-order valence-electron chi connectivity index (χ2n) is 6.08. The lowest BCUT2D eigenvalue weighted by Gasteiger charge is -2.38. The summed E-state index contributed by atoms with van der Waals surface area (Å²) in [4.78, 5) is 11.4. The molecule has 0 spiro atoms. The number of anilines is 1. The van der Waals surface area contributed by atoms with Crippen molar-refractivity contribution in [3.63, 3.8) is 0 Å². The van der Waals surface area contributed by atoms with Crippen molar-refractivity contribution in [3.05, 3.63) is 78.6 Å². The normalized spacial score (nSPS) is 16.0. The molecule has 4 nitrogen and oxygen atoms in total. The first kappa shape index (κ1) is 13.3. The predicted molar refractivity (Wildman–Crippen MR) is 95.9 cm³/mol. The first-order valence-corrected chi connectivity index (χ1v) is 8.04. The van der Waals surface area contributed by atoms with E-state index in [2.05, 4.69) is 76.1 Å². The lowest BCUT2D eigenvalue weighted by Crippen LogP contribution is -2.34. The van der Waals surface area contributed by atoms with E-state index in [0.717, 1.165) is 16.9 Å². The molecule has 2 aromatic carbocycles. The minimum absolute atomic E-state index is 0.0605. The van der Waals surface area contributed by atoms with E-state index in [4.69, 9.17) is 4.98 Å². The van der Waals surface area contributed by atoms with Crippen LogP contribution in [0.3, 0.4) is 0 Å². The second-order valence-corrected chi connectivity index (χ2v) is 6.08. The number of hydrogen-bond acceptors (Lipinski definition) is 3. The smallest absolute Gasteiger partial charge is 0.145 e. The fourth-order valence-corrected chi connectivity index (χ4v) is 3.67. The first-order chi connectivity index (χ1) is 11.8. The molecule has 0 saturated carbocycles. The lowest BCUT2D eigenvalue weighted by atomic mass is 10.0. The highest BCUT2D eigenvalue weighted by Gasteiger charge is 2.31. The van der Waals surface area contributed by atoms with Crippen molar-refractivity contribution in [1.29, 1.82) is 0 Å². The van der Waals surface area contributed by atoms with Gasteiger partial charge in [-0.15, -0.1) is 0 Å². The van der Waals surface area contributed by atoms with Gasteiger partial charge in [-0.05, 0) is 42.0 Å². The third kappa shape index (κ3) is 1.74. The largest absolute Gasteiger partial charge is 0.350 e. The van der Waals surface area contributed by atoms with E-state index in [1.807, 2.05) is 18.5 Å². The van der Waals surface area contributed by atoms with Gasteiger partial charge < -0.3 is 4.90 Å². The maximum absolute atomic E-state index is 4.93. The molecular weight excluding hydrogens is 296 g/mol. The van der Waals surface area contributed by atoms with Crippen molar-refractivity contribution >= 4 is 16.7 Å². The molecule has 0 N–H and O–H groups in total. The summed E-state index contributed by atoms with van der Waals surface area (Å²) in [5, 5.41) is 0. The number of pyridine rings is 1. The van der Waals surface area contributed by atoms with Gasteiger partial charge in [0.25, 0.3) is 0 Å². The van der Waals surface area contributed by atoms with Crippen LogP contribution in [0.1, 0.15) is 11.7 Å². The van der Waals surface area contributed by atoms with Crippen LogP contribution in [0.4, 0.5) is 5.69 Å². The average Bonchev–Trinajstić information content (AvgIpc) is 3.03. The second kappa shape index (κ2) is 4.93. The number of imidazole rings is 1. The van der Waals surface area contributed by atoms with Crippen LogP contribution in [0.15, 0.2) is 73.1 Å². The molecule has 24 heavy (non-hydrogen) atoms. The standard InChI is InChI=1S/C20H16N4/c1-23-17-8-4-2-6-15(17)19-22-16-7-3-5-9-18(16)24(19)20(23)14-10-12-21-13-11-14/h2-13,20H,1H3/t20-/m0/s1. The minimum atomic E-state index is 0.0605. The van der Waals surface area contributed by atoms with Gasteiger partial charge in [-0.1, -0.05) is 24.3 Å². The summed E-state index contributed by atoms with van der Waals surface area (Å²) in [6.07, 6.45) is 3.76. The number of rotatable bonds is 1. The van der Waals surface area contributed by atoms with E-state index in [0.29, 0.717) is 0 Å². The zero-order chi connectivity index (χ0) is 16.1. The number of nitrogens with zero attached hydrogens (tertiary/aromatic N) is 4. The Balaban J connectivity index is 1.89. The Labute approximate surface area is 140 Å². The Bertz CT molecular complexity index is 1040. The van der Waals surface area contributed by atoms with Crippen LogP contribution in [-0.4, -0.2) is 21.6 Å². The molecule has 116 valence electrons. The summed E-state index contributed by atoms with van der Waals surface area (Å²) in [6.45, 7) is 0. The molecule has 4 aromatic rings. The SMILES string of the molecule is CN1c2ccccc2-c2nc3ccccc3n2[C@H]1c1ccncc1. The maximum atomic E-state index is 4.93. The van der Waals surface area contributed by atoms with Crippen LogP contribution in [0.5, 0.6) is 0 Å². The van der Waals surface area contributed by atoms with Crippen LogP contribution in [0.2, 0.25) is 0 Å². The molecule has 0 fully saturated rings. The van der Waals surface area contributed by atoms with Gasteiger partial charge in [0.05, 0.1) is 11.0 Å². The number of aromatic nitrogens is 3. The summed E-state index contributed by atoms with van der Waals surface area (Å²) in [5.74, 6) is 1.02. The highest BCUT2D eigenvalue weighted by atomic mass is 15.3. The van der Waals surface area contributed by atoms with E-state index in [1.54, 1.807) is 0 Å². The molecule has 1 atom stereocenters. The molecule has 1 aliphatic heterocycles. The Morgan fingerprint density at radius 1 is 0.875 bits per heavy atom. The topological polar surface area (TPSA) is 34.0 Å². The molecule has 4 heteroatoms. The van der Waals surface area contributed by atoms with E-state index < -0.39 is 0 Å². The highest BCUT2D eigenvalue weighted by Crippen LogP contribution is 2.43. The first-order valence-electron chi connectivity index (χ1n) is 8.04. The van der Waals surface area contributed by atoms with Crippen molar-refractivity contribution in [2.75, 3.05) is 11.9 Å². The number of hydrogen-bond donors (Lipinski definition) is 0. The molecular formula is C20H16N4. The Morgan fingerprint density at radius 2 is 1.62 bits per heavy atom. The molecule has 0 aliphatic carbocycles. The number of fused-ring (bicyclic) bond motifs is 5. The lowest BCUT2D eigenvalue weighted by molar-refractivity contribution is 0.581. The van der Waals surface area contributed by atoms with Crippen molar-refractivity contribution < 1.29 is 0 Å². The Morgan fingerprint density at radius 3 is 2.50 bits per heavy atom. The summed E-state index contributed by atoms with van der Waals surface area (Å²) in [6, 6.07) is 20.9. The zero-order valence-corrected chi connectivity index (χ0v) is 13.3. The zero-order valence-electron chi connectivity index (χ0n) is 13.3. The van der Waals surface area contributed by atoms with Crippen LogP contribution in [0, 0.1) is 0 Å². The van der Waals surface area contributed by atoms with E-state index >= 15 is 0 Å². The van der Waals surface area contributed by atoms with Gasteiger partial charge in [-0.2, -0.15) is 0 Å². The number of para-hydroxylation sites is 3. The molecule has 1 aliphatic rings. The van der Waals surface area contributed by atoms with E-state index in [-0.39, 0.29) is 6.17 Å². The molecule has 0 unspecified atom stereocenters. The summed E-state index contributed by atoms with van der Waals surface area (Å²) in [7, 11) is 2.14. The van der Waals surface area contributed by atoms with Gasteiger partial charge >= 0.3 is 0 Å². The Kier molecular flexibility index (Phi) is 2.73. The van der Waals surface area contributed by atoms with Gasteiger partial charge in [-0.25, -0.2) is 4.98 Å². The van der Waals surface area contributed by atoms with Crippen LogP contribution >= 0.6 is 0 Å². The van der Waals surface area contributed by atoms with Crippen molar-refractivity contribution in [2.45, 2.75) is 6.17 Å². The molecule has 3 heterocycles. The predicted octanol–water partition coefficient (Wildman–Crippen LogP) is 4.10. The van der Waals surface area contributed by atoms with Crippen molar-refractivity contribution in [2.24, 2.45) is 0 Å². The molecule has 5 rings (SSSR count). The van der Waals surface area contributed by atoms with Gasteiger partial charge in [0.15, 0.2) is 0 Å². The van der Waals surface area contributed by atoms with Crippen LogP contribution < -0.4 is 4.90 Å². The van der Waals surface area contributed by atoms with Crippen LogP contribution in [-0.2, 0) is 0 Å².